The first-order valence-corrected chi connectivity index (χ1v) is 9.20. The molecule has 0 saturated carbocycles. The average Bonchev–Trinajstić information content (AvgIpc) is 3.23. The molecule has 0 radical (unpaired) electrons. The molecule has 0 aliphatic carbocycles. The Morgan fingerprint density at radius 2 is 1.61 bits per heavy atom. The first-order chi connectivity index (χ1) is 12.9. The second kappa shape index (κ2) is 6.55. The smallest absolute Gasteiger partial charge is 0.210 e. The molecule has 0 amide bonds. The zero-order valence-electron chi connectivity index (χ0n) is 17.6. The Morgan fingerprint density at radius 3 is 2.14 bits per heavy atom. The molecule has 9 heteroatoms. The summed E-state index contributed by atoms with van der Waals surface area (Å²) >= 11 is 0. The molecule has 0 bridgehead atoms. The number of nitrogens with zero attached hydrogens (tertiary/aromatic N) is 9. The predicted octanol–water partition coefficient (Wildman–Crippen LogP) is 4.72. The van der Waals surface area contributed by atoms with Crippen LogP contribution in [-0.2, 0) is 10.8 Å². The minimum Gasteiger partial charge on any atom is -0.365 e. The number of fused-ring (bicyclic) bond motifs is 1. The predicted molar refractivity (Wildman–Crippen MR) is 106 cm³/mol. The fraction of sp³-hybridized carbons (Fsp3) is 0.579. The Morgan fingerprint density at radius 1 is 0.964 bits per heavy atom. The molecule has 0 atom stereocenters. The molecular formula is C19H25N9-2. The normalized spacial score (nSPS) is 13.1. The van der Waals surface area contributed by atoms with Crippen LogP contribution in [0, 0.1) is 6.57 Å². The van der Waals surface area contributed by atoms with Gasteiger partial charge in [0.15, 0.2) is 0 Å². The van der Waals surface area contributed by atoms with E-state index in [1.54, 1.807) is 4.52 Å². The van der Waals surface area contributed by atoms with Gasteiger partial charge in [0.1, 0.15) is 0 Å². The van der Waals surface area contributed by atoms with Crippen molar-refractivity contribution in [1.82, 2.24) is 30.0 Å². The molecule has 3 heterocycles. The van der Waals surface area contributed by atoms with Crippen molar-refractivity contribution >= 4 is 22.8 Å². The van der Waals surface area contributed by atoms with E-state index in [4.69, 9.17) is 11.7 Å². The van der Waals surface area contributed by atoms with Crippen molar-refractivity contribution < 1.29 is 0 Å². The van der Waals surface area contributed by atoms with Crippen molar-refractivity contribution in [2.24, 2.45) is 10.2 Å². The van der Waals surface area contributed by atoms with Gasteiger partial charge in [-0.3, -0.25) is 20.4 Å². The highest BCUT2D eigenvalue weighted by atomic mass is 15.4. The lowest BCUT2D eigenvalue weighted by molar-refractivity contribution is 0.558. The number of hydrogen-bond acceptors (Lipinski definition) is 5. The van der Waals surface area contributed by atoms with E-state index in [-0.39, 0.29) is 22.6 Å². The van der Waals surface area contributed by atoms with Crippen molar-refractivity contribution in [2.45, 2.75) is 72.1 Å². The molecule has 0 aliphatic heterocycles. The van der Waals surface area contributed by atoms with Gasteiger partial charge in [-0.1, -0.05) is 55.4 Å². The van der Waals surface area contributed by atoms with E-state index in [0.29, 0.717) is 22.7 Å². The molecule has 0 fully saturated rings. The van der Waals surface area contributed by atoms with Crippen molar-refractivity contribution in [3.05, 3.63) is 28.6 Å². The highest BCUT2D eigenvalue weighted by Crippen LogP contribution is 2.39. The summed E-state index contributed by atoms with van der Waals surface area (Å²) in [7, 11) is 0. The van der Waals surface area contributed by atoms with Gasteiger partial charge < -0.3 is 19.8 Å². The highest BCUT2D eigenvalue weighted by Gasteiger charge is 2.23. The van der Waals surface area contributed by atoms with Crippen molar-refractivity contribution in [1.29, 1.82) is 0 Å². The average molecular weight is 379 g/mol. The summed E-state index contributed by atoms with van der Waals surface area (Å²) in [5, 5.41) is 30.1. The van der Waals surface area contributed by atoms with Crippen LogP contribution in [-0.4, -0.2) is 19.8 Å². The third kappa shape index (κ3) is 3.30. The van der Waals surface area contributed by atoms with E-state index in [9.17, 15) is 0 Å². The maximum absolute atomic E-state index is 7.50. The van der Waals surface area contributed by atoms with Gasteiger partial charge in [0, 0.05) is 16.9 Å². The molecule has 0 aliphatic rings. The molecule has 0 aromatic carbocycles. The van der Waals surface area contributed by atoms with E-state index in [2.05, 4.69) is 56.2 Å². The quantitative estimate of drug-likeness (QED) is 0.484. The Kier molecular flexibility index (Phi) is 4.61. The molecule has 0 spiro atoms. The number of aromatic nitrogens is 6. The molecule has 9 nitrogen and oxygen atoms in total. The maximum Gasteiger partial charge on any atom is 0.210 e. The molecule has 3 aromatic heterocycles. The second-order valence-corrected chi connectivity index (χ2v) is 9.18. The Balaban J connectivity index is 2.15. The minimum atomic E-state index is -0.300. The van der Waals surface area contributed by atoms with Gasteiger partial charge >= 0.3 is 0 Å². The van der Waals surface area contributed by atoms with Crippen molar-refractivity contribution in [3.63, 3.8) is 0 Å². The Hall–Kier alpha value is -3.02. The van der Waals surface area contributed by atoms with Crippen molar-refractivity contribution in [2.75, 3.05) is 0 Å². The van der Waals surface area contributed by atoms with Crippen LogP contribution in [0.15, 0.2) is 10.2 Å². The van der Waals surface area contributed by atoms with Gasteiger partial charge in [-0.25, -0.2) is 4.85 Å². The van der Waals surface area contributed by atoms with E-state index >= 15 is 0 Å². The van der Waals surface area contributed by atoms with Crippen LogP contribution < -0.4 is 10.2 Å². The van der Waals surface area contributed by atoms with Gasteiger partial charge in [-0.2, -0.15) is 0 Å². The highest BCUT2D eigenvalue weighted by molar-refractivity contribution is 5.70. The second-order valence-electron chi connectivity index (χ2n) is 9.18. The lowest BCUT2D eigenvalue weighted by atomic mass is 9.91. The fourth-order valence-corrected chi connectivity index (χ4v) is 2.82. The molecule has 148 valence electrons. The Labute approximate surface area is 164 Å². The number of rotatable bonds is 3. The third-order valence-electron chi connectivity index (χ3n) is 4.28. The van der Waals surface area contributed by atoms with E-state index < -0.39 is 0 Å². The lowest BCUT2D eigenvalue weighted by Gasteiger charge is -2.18. The number of hydrogen-bond donors (Lipinski definition) is 0. The summed E-state index contributed by atoms with van der Waals surface area (Å²) in [6.45, 7) is 23.7. The maximum atomic E-state index is 7.50. The minimum absolute atomic E-state index is 0.173. The SMILES string of the molecule is [C-]#[N+]c1c(C(C)(C)C)n[n-]c1N=Nc1c(C(C)(C)C)nn2c(C(C)C)n[n-]c12. The monoisotopic (exact) mass is 379 g/mol. The van der Waals surface area contributed by atoms with E-state index in [1.165, 1.54) is 0 Å². The van der Waals surface area contributed by atoms with Gasteiger partial charge in [-0.15, -0.1) is 0 Å². The summed E-state index contributed by atoms with van der Waals surface area (Å²) in [5.41, 5.74) is 2.24. The first kappa shape index (κ1) is 19.7. The van der Waals surface area contributed by atoms with E-state index in [1.807, 2.05) is 34.6 Å². The zero-order chi connectivity index (χ0) is 20.9. The summed E-state index contributed by atoms with van der Waals surface area (Å²) in [4.78, 5) is 3.58. The summed E-state index contributed by atoms with van der Waals surface area (Å²) in [6.07, 6.45) is 0. The van der Waals surface area contributed by atoms with Crippen LogP contribution in [0.2, 0.25) is 0 Å². The standard InChI is InChI=1S/C19H25N9/c1-10(2)16-25-26-17-12(14(19(6,7)8)27-28(16)17)21-23-15-11(20-9)13(22-24-15)18(3,4)5/h10H,1-8H3/q-2. The molecule has 0 unspecified atom stereocenters. The van der Waals surface area contributed by atoms with Gasteiger partial charge in [-0.05, 0) is 17.2 Å². The molecule has 0 saturated heterocycles. The van der Waals surface area contributed by atoms with Crippen molar-refractivity contribution in [3.8, 4) is 0 Å². The topological polar surface area (TPSA) is 100 Å². The van der Waals surface area contributed by atoms with Crippen LogP contribution in [0.25, 0.3) is 10.5 Å². The Bertz CT molecular complexity index is 1070. The summed E-state index contributed by atoms with van der Waals surface area (Å²) in [5.74, 6) is 1.15. The molecule has 3 aromatic rings. The number of azo groups is 1. The largest absolute Gasteiger partial charge is 0.365 e. The molecule has 0 N–H and O–H groups in total. The van der Waals surface area contributed by atoms with Gasteiger partial charge in [0.05, 0.1) is 23.6 Å². The molecular weight excluding hydrogens is 354 g/mol. The molecule has 28 heavy (non-hydrogen) atoms. The third-order valence-corrected chi connectivity index (χ3v) is 4.28. The lowest BCUT2D eigenvalue weighted by Crippen LogP contribution is -2.13. The van der Waals surface area contributed by atoms with Gasteiger partial charge in [0.2, 0.25) is 5.69 Å². The molecule has 3 rings (SSSR count). The fourth-order valence-electron chi connectivity index (χ4n) is 2.82. The first-order valence-electron chi connectivity index (χ1n) is 9.20. The van der Waals surface area contributed by atoms with E-state index in [0.717, 1.165) is 11.5 Å². The zero-order valence-corrected chi connectivity index (χ0v) is 17.6. The summed E-state index contributed by atoms with van der Waals surface area (Å²) < 4.78 is 1.73. The van der Waals surface area contributed by atoms with Crippen LogP contribution in [0.1, 0.15) is 78.5 Å². The van der Waals surface area contributed by atoms with Gasteiger partial charge in [0.25, 0.3) is 0 Å². The van der Waals surface area contributed by atoms with Crippen LogP contribution >= 0.6 is 0 Å². The van der Waals surface area contributed by atoms with Crippen LogP contribution in [0.4, 0.5) is 17.2 Å². The van der Waals surface area contributed by atoms with Crippen LogP contribution in [0.3, 0.4) is 0 Å². The summed E-state index contributed by atoms with van der Waals surface area (Å²) in [6, 6.07) is 0. The van der Waals surface area contributed by atoms with Crippen LogP contribution in [0.5, 0.6) is 0 Å².